The van der Waals surface area contributed by atoms with Crippen molar-refractivity contribution in [3.63, 3.8) is 0 Å². The molecule has 2 saturated heterocycles. The van der Waals surface area contributed by atoms with Crippen molar-refractivity contribution < 1.29 is 19.0 Å². The number of aromatic nitrogens is 3. The number of carbonyl (C=O) groups excluding carboxylic acids is 1. The van der Waals surface area contributed by atoms with Crippen LogP contribution in [0.5, 0.6) is 5.75 Å². The number of methoxy groups -OCH3 is 1. The van der Waals surface area contributed by atoms with Gasteiger partial charge in [-0.2, -0.15) is 10.4 Å². The predicted octanol–water partition coefficient (Wildman–Crippen LogP) is 3.14. The molecule has 2 aliphatic rings. The number of nitriles is 1. The Balaban J connectivity index is 1.14. The van der Waals surface area contributed by atoms with Gasteiger partial charge in [0.1, 0.15) is 24.5 Å². The molecular weight excluding hydrogens is 484 g/mol. The van der Waals surface area contributed by atoms with Crippen LogP contribution in [0.4, 0.5) is 11.4 Å². The smallest absolute Gasteiger partial charge is 0.337 e. The average Bonchev–Trinajstić information content (AvgIpc) is 3.61. The van der Waals surface area contributed by atoms with Crippen molar-refractivity contribution in [1.82, 2.24) is 14.8 Å². The molecule has 38 heavy (non-hydrogen) atoms. The molecule has 0 bridgehead atoms. The molecule has 2 fully saturated rings. The lowest BCUT2D eigenvalue weighted by molar-refractivity contribution is 0.00213. The maximum absolute atomic E-state index is 11.7. The van der Waals surface area contributed by atoms with Crippen molar-refractivity contribution in [3.8, 4) is 11.8 Å². The first-order valence-corrected chi connectivity index (χ1v) is 12.8. The monoisotopic (exact) mass is 516 g/mol. The number of benzene rings is 2. The highest BCUT2D eigenvalue weighted by Gasteiger charge is 2.37. The summed E-state index contributed by atoms with van der Waals surface area (Å²) < 4.78 is 18.7. The van der Waals surface area contributed by atoms with Gasteiger partial charge in [-0.05, 0) is 55.8 Å². The molecule has 0 saturated carbocycles. The van der Waals surface area contributed by atoms with Gasteiger partial charge in [0, 0.05) is 43.5 Å². The molecule has 10 heteroatoms. The van der Waals surface area contributed by atoms with E-state index in [-0.39, 0.29) is 17.5 Å². The summed E-state index contributed by atoms with van der Waals surface area (Å²) in [6.07, 6.45) is 4.07. The molecular formula is C28H32N6O4. The Bertz CT molecular complexity index is 1280. The van der Waals surface area contributed by atoms with Gasteiger partial charge >= 0.3 is 5.97 Å². The van der Waals surface area contributed by atoms with Gasteiger partial charge in [0.05, 0.1) is 43.6 Å². The predicted molar refractivity (Wildman–Crippen MR) is 141 cm³/mol. The van der Waals surface area contributed by atoms with E-state index in [1.54, 1.807) is 23.1 Å². The SMILES string of the molecule is COC(=O)c1ccc(N2CCN(c3ccc(OC[C@@H]4CO[C@](C)(Cn5cncn5)C4)c(C#N)c3)CC2)cc1. The summed E-state index contributed by atoms with van der Waals surface area (Å²) >= 11 is 0. The lowest BCUT2D eigenvalue weighted by Crippen LogP contribution is -2.46. The van der Waals surface area contributed by atoms with Crippen LogP contribution in [0.3, 0.4) is 0 Å². The van der Waals surface area contributed by atoms with E-state index in [9.17, 15) is 10.1 Å². The lowest BCUT2D eigenvalue weighted by Gasteiger charge is -2.37. The van der Waals surface area contributed by atoms with Gasteiger partial charge in [-0.15, -0.1) is 0 Å². The van der Waals surface area contributed by atoms with Gasteiger partial charge in [-0.25, -0.2) is 9.78 Å². The molecule has 1 aromatic heterocycles. The highest BCUT2D eigenvalue weighted by Crippen LogP contribution is 2.33. The van der Waals surface area contributed by atoms with Crippen molar-refractivity contribution in [2.45, 2.75) is 25.5 Å². The van der Waals surface area contributed by atoms with Crippen LogP contribution in [0, 0.1) is 17.2 Å². The summed E-state index contributed by atoms with van der Waals surface area (Å²) in [5.41, 5.74) is 2.86. The number of hydrogen-bond donors (Lipinski definition) is 0. The van der Waals surface area contributed by atoms with E-state index in [0.29, 0.717) is 36.6 Å². The molecule has 3 heterocycles. The van der Waals surface area contributed by atoms with Crippen molar-refractivity contribution in [2.24, 2.45) is 5.92 Å². The quantitative estimate of drug-likeness (QED) is 0.418. The van der Waals surface area contributed by atoms with E-state index in [4.69, 9.17) is 14.2 Å². The molecule has 0 unspecified atom stereocenters. The highest BCUT2D eigenvalue weighted by molar-refractivity contribution is 5.89. The van der Waals surface area contributed by atoms with E-state index in [1.807, 2.05) is 30.3 Å². The normalized spacial score (nSPS) is 21.2. The third kappa shape index (κ3) is 5.73. The summed E-state index contributed by atoms with van der Waals surface area (Å²) in [5.74, 6) is 0.510. The zero-order valence-corrected chi connectivity index (χ0v) is 21.7. The standard InChI is InChI=1S/C28H32N6O4/c1-28(18-34-20-30-19-31-34)14-21(17-38-28)16-37-26-8-7-25(13-23(26)15-29)33-11-9-32(10-12-33)24-5-3-22(4-6-24)27(35)36-2/h3-8,13,19-21H,9-12,14,16-18H2,1-2H3/t21-,28+/m1/s1. The van der Waals surface area contributed by atoms with Crippen LogP contribution in [0.1, 0.15) is 29.3 Å². The van der Waals surface area contributed by atoms with Crippen LogP contribution in [0.15, 0.2) is 55.1 Å². The van der Waals surface area contributed by atoms with E-state index in [2.05, 4.69) is 32.9 Å². The Morgan fingerprint density at radius 1 is 1.13 bits per heavy atom. The third-order valence-electron chi connectivity index (χ3n) is 7.21. The number of ether oxygens (including phenoxy) is 3. The molecule has 0 radical (unpaired) electrons. The fraction of sp³-hybridized carbons (Fsp3) is 0.429. The first-order valence-electron chi connectivity index (χ1n) is 12.8. The van der Waals surface area contributed by atoms with Gasteiger partial charge in [0.2, 0.25) is 0 Å². The molecule has 0 N–H and O–H groups in total. The molecule has 3 aromatic rings. The molecule has 10 nitrogen and oxygen atoms in total. The molecule has 2 aliphatic heterocycles. The molecule has 2 atom stereocenters. The fourth-order valence-corrected chi connectivity index (χ4v) is 5.21. The number of piperazine rings is 1. The summed E-state index contributed by atoms with van der Waals surface area (Å²) in [6, 6.07) is 15.6. The maximum atomic E-state index is 11.7. The largest absolute Gasteiger partial charge is 0.492 e. The Labute approximate surface area is 222 Å². The van der Waals surface area contributed by atoms with Crippen LogP contribution in [-0.2, 0) is 16.0 Å². The second-order valence-corrected chi connectivity index (χ2v) is 10.0. The topological polar surface area (TPSA) is 106 Å². The summed E-state index contributed by atoms with van der Waals surface area (Å²) in [6.45, 7) is 7.17. The van der Waals surface area contributed by atoms with E-state index in [0.717, 1.165) is 44.0 Å². The van der Waals surface area contributed by atoms with Gasteiger partial charge in [0.15, 0.2) is 0 Å². The second-order valence-electron chi connectivity index (χ2n) is 10.0. The molecule has 198 valence electrons. The van der Waals surface area contributed by atoms with E-state index in [1.165, 1.54) is 13.4 Å². The van der Waals surface area contributed by atoms with Crippen molar-refractivity contribution >= 4 is 17.3 Å². The Kier molecular flexibility index (Phi) is 7.47. The maximum Gasteiger partial charge on any atom is 0.337 e. The molecule has 0 aliphatic carbocycles. The Hall–Kier alpha value is -4.10. The third-order valence-corrected chi connectivity index (χ3v) is 7.21. The molecule has 0 spiro atoms. The summed E-state index contributed by atoms with van der Waals surface area (Å²) in [5, 5.41) is 14.0. The first-order chi connectivity index (χ1) is 18.5. The van der Waals surface area contributed by atoms with Crippen LogP contribution < -0.4 is 14.5 Å². The van der Waals surface area contributed by atoms with Crippen LogP contribution in [0.2, 0.25) is 0 Å². The Morgan fingerprint density at radius 2 is 1.84 bits per heavy atom. The number of hydrogen-bond acceptors (Lipinski definition) is 9. The fourth-order valence-electron chi connectivity index (χ4n) is 5.21. The average molecular weight is 517 g/mol. The number of nitrogens with zero attached hydrogens (tertiary/aromatic N) is 6. The number of carbonyl (C=O) groups is 1. The van der Waals surface area contributed by atoms with Gasteiger partial charge in [-0.3, -0.25) is 4.68 Å². The first kappa shape index (κ1) is 25.5. The van der Waals surface area contributed by atoms with Crippen LogP contribution in [-0.4, -0.2) is 72.8 Å². The van der Waals surface area contributed by atoms with Gasteiger partial charge in [0.25, 0.3) is 0 Å². The van der Waals surface area contributed by atoms with Gasteiger partial charge in [-0.1, -0.05) is 0 Å². The minimum Gasteiger partial charge on any atom is -0.492 e. The van der Waals surface area contributed by atoms with Crippen molar-refractivity contribution in [3.05, 3.63) is 66.2 Å². The molecule has 2 aromatic carbocycles. The highest BCUT2D eigenvalue weighted by atomic mass is 16.5. The summed E-state index contributed by atoms with van der Waals surface area (Å²) in [4.78, 5) is 20.3. The summed E-state index contributed by atoms with van der Waals surface area (Å²) in [7, 11) is 1.38. The van der Waals surface area contributed by atoms with Gasteiger partial charge < -0.3 is 24.0 Å². The number of esters is 1. The number of anilines is 2. The minimum absolute atomic E-state index is 0.240. The Morgan fingerprint density at radius 3 is 2.50 bits per heavy atom. The van der Waals surface area contributed by atoms with Crippen molar-refractivity contribution in [1.29, 1.82) is 5.26 Å². The van der Waals surface area contributed by atoms with E-state index < -0.39 is 0 Å². The zero-order valence-electron chi connectivity index (χ0n) is 21.7. The second kappa shape index (κ2) is 11.1. The van der Waals surface area contributed by atoms with Crippen LogP contribution >= 0.6 is 0 Å². The minimum atomic E-state index is -0.333. The van der Waals surface area contributed by atoms with Crippen molar-refractivity contribution in [2.75, 3.05) is 56.3 Å². The zero-order chi connectivity index (χ0) is 26.5. The number of rotatable bonds is 8. The molecule has 5 rings (SSSR count). The van der Waals surface area contributed by atoms with Crippen LogP contribution in [0.25, 0.3) is 0 Å². The van der Waals surface area contributed by atoms with E-state index >= 15 is 0 Å². The molecule has 0 amide bonds. The lowest BCUT2D eigenvalue weighted by atomic mass is 9.96.